The van der Waals surface area contributed by atoms with Crippen LogP contribution in [-0.2, 0) is 14.3 Å². The van der Waals surface area contributed by atoms with Crippen molar-refractivity contribution in [1.29, 1.82) is 0 Å². The molecule has 0 bridgehead atoms. The van der Waals surface area contributed by atoms with Crippen molar-refractivity contribution < 1.29 is 28.6 Å². The number of amides is 2. The Morgan fingerprint density at radius 1 is 1.50 bits per heavy atom. The zero-order valence-corrected chi connectivity index (χ0v) is 11.2. The molecule has 110 valence electrons. The van der Waals surface area contributed by atoms with Gasteiger partial charge >= 0.3 is 5.97 Å². The molecule has 0 aliphatic rings. The van der Waals surface area contributed by atoms with E-state index in [2.05, 4.69) is 10.1 Å². The van der Waals surface area contributed by atoms with Crippen molar-refractivity contribution in [3.63, 3.8) is 0 Å². The summed E-state index contributed by atoms with van der Waals surface area (Å²) < 4.78 is 9.61. The van der Waals surface area contributed by atoms with E-state index in [0.717, 1.165) is 4.90 Å². The van der Waals surface area contributed by atoms with Gasteiger partial charge in [-0.05, 0) is 12.1 Å². The maximum absolute atomic E-state index is 11.8. The molecule has 1 unspecified atom stereocenters. The number of carboxylic acid groups (broad SMARTS) is 1. The Morgan fingerprint density at radius 2 is 2.20 bits per heavy atom. The van der Waals surface area contributed by atoms with Gasteiger partial charge in [0.25, 0.3) is 5.91 Å². The molecule has 0 spiro atoms. The van der Waals surface area contributed by atoms with Gasteiger partial charge in [0.15, 0.2) is 11.8 Å². The Balaban J connectivity index is 2.53. The molecule has 1 atom stereocenters. The molecule has 0 aliphatic carbocycles. The van der Waals surface area contributed by atoms with Crippen LogP contribution in [0.15, 0.2) is 22.8 Å². The summed E-state index contributed by atoms with van der Waals surface area (Å²) >= 11 is 0. The van der Waals surface area contributed by atoms with Crippen LogP contribution in [-0.4, -0.2) is 61.1 Å². The molecule has 8 nitrogen and oxygen atoms in total. The first-order chi connectivity index (χ1) is 9.45. The lowest BCUT2D eigenvalue weighted by atomic mass is 10.3. The number of nitrogens with zero attached hydrogens (tertiary/aromatic N) is 1. The molecule has 0 aromatic carbocycles. The molecule has 0 radical (unpaired) electrons. The Bertz CT molecular complexity index is 470. The van der Waals surface area contributed by atoms with E-state index >= 15 is 0 Å². The Labute approximate surface area is 115 Å². The summed E-state index contributed by atoms with van der Waals surface area (Å²) in [6, 6.07) is 1.88. The van der Waals surface area contributed by atoms with Crippen LogP contribution < -0.4 is 5.32 Å². The number of methoxy groups -OCH3 is 1. The van der Waals surface area contributed by atoms with Gasteiger partial charge in [0.2, 0.25) is 5.91 Å². The zero-order chi connectivity index (χ0) is 15.1. The highest BCUT2D eigenvalue weighted by atomic mass is 16.5. The highest BCUT2D eigenvalue weighted by Gasteiger charge is 2.22. The van der Waals surface area contributed by atoms with E-state index < -0.39 is 23.8 Å². The maximum atomic E-state index is 11.8. The number of hydrogen-bond donors (Lipinski definition) is 2. The van der Waals surface area contributed by atoms with Crippen molar-refractivity contribution in [3.8, 4) is 0 Å². The van der Waals surface area contributed by atoms with Crippen LogP contribution >= 0.6 is 0 Å². The number of carbonyl (C=O) groups excluding carboxylic acids is 2. The number of furan rings is 1. The molecule has 8 heteroatoms. The van der Waals surface area contributed by atoms with Crippen LogP contribution in [0.5, 0.6) is 0 Å². The molecular formula is C12H16N2O6. The van der Waals surface area contributed by atoms with Crippen LogP contribution in [0.2, 0.25) is 0 Å². The van der Waals surface area contributed by atoms with Gasteiger partial charge in [0, 0.05) is 14.2 Å². The number of hydrogen-bond acceptors (Lipinski definition) is 5. The standard InChI is InChI=1S/C12H16N2O6/c1-14(11(16)9-4-3-5-20-9)6-10(15)13-8(7-19-2)12(17)18/h3-5,8H,6-7H2,1-2H3,(H,13,15)(H,17,18). The van der Waals surface area contributed by atoms with Gasteiger partial charge < -0.3 is 24.5 Å². The van der Waals surface area contributed by atoms with Crippen molar-refractivity contribution in [2.45, 2.75) is 6.04 Å². The average molecular weight is 284 g/mol. The Morgan fingerprint density at radius 3 is 2.70 bits per heavy atom. The predicted octanol–water partition coefficient (Wildman–Crippen LogP) is -0.433. The molecule has 0 saturated carbocycles. The molecule has 1 aromatic rings. The summed E-state index contributed by atoms with van der Waals surface area (Å²) in [5.74, 6) is -2.17. The maximum Gasteiger partial charge on any atom is 0.328 e. The number of rotatable bonds is 7. The lowest BCUT2D eigenvalue weighted by Gasteiger charge is -2.18. The van der Waals surface area contributed by atoms with Crippen molar-refractivity contribution >= 4 is 17.8 Å². The molecule has 2 amide bonds. The number of aliphatic carboxylic acids is 1. The Hall–Kier alpha value is -2.35. The summed E-state index contributed by atoms with van der Waals surface area (Å²) in [7, 11) is 2.74. The third kappa shape index (κ3) is 4.39. The van der Waals surface area contributed by atoms with Crippen molar-refractivity contribution in [3.05, 3.63) is 24.2 Å². The van der Waals surface area contributed by atoms with E-state index in [1.165, 1.54) is 26.5 Å². The first-order valence-electron chi connectivity index (χ1n) is 5.75. The number of carbonyl (C=O) groups is 3. The smallest absolute Gasteiger partial charge is 0.328 e. The number of ether oxygens (including phenoxy) is 1. The van der Waals surface area contributed by atoms with Crippen LogP contribution in [0, 0.1) is 0 Å². The summed E-state index contributed by atoms with van der Waals surface area (Å²) in [4.78, 5) is 35.4. The van der Waals surface area contributed by atoms with Crippen molar-refractivity contribution in [2.75, 3.05) is 27.3 Å². The molecule has 0 aliphatic heterocycles. The van der Waals surface area contributed by atoms with Gasteiger partial charge in [-0.25, -0.2) is 4.79 Å². The lowest BCUT2D eigenvalue weighted by molar-refractivity contribution is -0.143. The first kappa shape index (κ1) is 15.7. The molecular weight excluding hydrogens is 268 g/mol. The van der Waals surface area contributed by atoms with Gasteiger partial charge in [-0.2, -0.15) is 0 Å². The number of carboxylic acids is 1. The largest absolute Gasteiger partial charge is 0.480 e. The van der Waals surface area contributed by atoms with Crippen LogP contribution in [0.25, 0.3) is 0 Å². The quantitative estimate of drug-likeness (QED) is 0.703. The summed E-state index contributed by atoms with van der Waals surface area (Å²) in [5.41, 5.74) is 0. The topological polar surface area (TPSA) is 109 Å². The second kappa shape index (κ2) is 7.29. The van der Waals surface area contributed by atoms with Crippen LogP contribution in [0.3, 0.4) is 0 Å². The number of nitrogens with one attached hydrogen (secondary N) is 1. The van der Waals surface area contributed by atoms with Crippen LogP contribution in [0.4, 0.5) is 0 Å². The Kier molecular flexibility index (Phi) is 5.73. The van der Waals surface area contributed by atoms with Crippen molar-refractivity contribution in [2.24, 2.45) is 0 Å². The molecule has 1 heterocycles. The third-order valence-corrected chi connectivity index (χ3v) is 2.43. The fraction of sp³-hybridized carbons (Fsp3) is 0.417. The van der Waals surface area contributed by atoms with Gasteiger partial charge in [-0.15, -0.1) is 0 Å². The summed E-state index contributed by atoms with van der Waals surface area (Å²) in [6.45, 7) is -0.441. The third-order valence-electron chi connectivity index (χ3n) is 2.43. The van der Waals surface area contributed by atoms with Crippen molar-refractivity contribution in [1.82, 2.24) is 10.2 Å². The van der Waals surface area contributed by atoms with Crippen LogP contribution in [0.1, 0.15) is 10.6 Å². The van der Waals surface area contributed by atoms with E-state index in [4.69, 9.17) is 9.52 Å². The van der Waals surface area contributed by atoms with Gasteiger partial charge in [0.1, 0.15) is 0 Å². The normalized spacial score (nSPS) is 11.7. The second-order valence-electron chi connectivity index (χ2n) is 4.05. The van der Waals surface area contributed by atoms with E-state index in [1.807, 2.05) is 0 Å². The minimum Gasteiger partial charge on any atom is -0.480 e. The zero-order valence-electron chi connectivity index (χ0n) is 11.2. The SMILES string of the molecule is COCC(NC(=O)CN(C)C(=O)c1ccco1)C(=O)O. The fourth-order valence-electron chi connectivity index (χ4n) is 1.46. The fourth-order valence-corrected chi connectivity index (χ4v) is 1.46. The minimum atomic E-state index is -1.21. The minimum absolute atomic E-state index is 0.104. The van der Waals surface area contributed by atoms with E-state index in [9.17, 15) is 14.4 Å². The van der Waals surface area contributed by atoms with Gasteiger partial charge in [0.05, 0.1) is 19.4 Å². The molecule has 2 N–H and O–H groups in total. The monoisotopic (exact) mass is 284 g/mol. The second-order valence-corrected chi connectivity index (χ2v) is 4.05. The summed E-state index contributed by atoms with van der Waals surface area (Å²) in [5, 5.41) is 11.1. The van der Waals surface area contributed by atoms with Gasteiger partial charge in [-0.3, -0.25) is 9.59 Å². The molecule has 1 aromatic heterocycles. The average Bonchev–Trinajstić information content (AvgIpc) is 2.90. The molecule has 0 saturated heterocycles. The molecule has 0 fully saturated rings. The molecule has 20 heavy (non-hydrogen) atoms. The molecule has 1 rings (SSSR count). The van der Waals surface area contributed by atoms with E-state index in [1.54, 1.807) is 6.07 Å². The predicted molar refractivity (Wildman–Crippen MR) is 67.1 cm³/mol. The van der Waals surface area contributed by atoms with E-state index in [-0.39, 0.29) is 18.9 Å². The first-order valence-corrected chi connectivity index (χ1v) is 5.75. The van der Waals surface area contributed by atoms with Gasteiger partial charge in [-0.1, -0.05) is 0 Å². The highest BCUT2D eigenvalue weighted by molar-refractivity contribution is 5.94. The summed E-state index contributed by atoms with van der Waals surface area (Å²) in [6.07, 6.45) is 1.35. The lowest BCUT2D eigenvalue weighted by Crippen LogP contribution is -2.47. The van der Waals surface area contributed by atoms with E-state index in [0.29, 0.717) is 0 Å². The highest BCUT2D eigenvalue weighted by Crippen LogP contribution is 2.03. The number of likely N-dealkylation sites (N-methyl/N-ethyl adjacent to an activating group) is 1.